The summed E-state index contributed by atoms with van der Waals surface area (Å²) in [4.78, 5) is 0.336. The van der Waals surface area contributed by atoms with Crippen LogP contribution in [0.2, 0.25) is 0 Å². The highest BCUT2D eigenvalue weighted by Crippen LogP contribution is 2.38. The summed E-state index contributed by atoms with van der Waals surface area (Å²) >= 11 is 8.04. The molecule has 2 N–H and O–H groups in total. The molecular formula is C12H18Br2N2O2S2. The molecular weight excluding hydrogens is 428 g/mol. The van der Waals surface area contributed by atoms with Gasteiger partial charge in [-0.15, -0.1) is 11.3 Å². The minimum absolute atomic E-state index is 0.0933. The summed E-state index contributed by atoms with van der Waals surface area (Å²) < 4.78 is 28.6. The van der Waals surface area contributed by atoms with Gasteiger partial charge in [0.2, 0.25) is 10.0 Å². The fourth-order valence-electron chi connectivity index (χ4n) is 2.64. The minimum Gasteiger partial charge on any atom is -0.329 e. The highest BCUT2D eigenvalue weighted by molar-refractivity contribution is 9.12. The lowest BCUT2D eigenvalue weighted by atomic mass is 9.90. The summed E-state index contributed by atoms with van der Waals surface area (Å²) in [6, 6.07) is 1.56. The van der Waals surface area contributed by atoms with Crippen LogP contribution in [0.25, 0.3) is 0 Å². The third kappa shape index (κ3) is 3.30. The smallest absolute Gasteiger partial charge is 0.245 e. The van der Waals surface area contributed by atoms with E-state index in [2.05, 4.69) is 38.8 Å². The third-order valence-electron chi connectivity index (χ3n) is 3.83. The zero-order valence-electron chi connectivity index (χ0n) is 11.2. The molecule has 2 heterocycles. The highest BCUT2D eigenvalue weighted by atomic mass is 79.9. The van der Waals surface area contributed by atoms with Gasteiger partial charge in [0.25, 0.3) is 0 Å². The zero-order valence-corrected chi connectivity index (χ0v) is 16.0. The van der Waals surface area contributed by atoms with Gasteiger partial charge >= 0.3 is 0 Å². The maximum atomic E-state index is 12.8. The molecule has 0 radical (unpaired) electrons. The molecule has 4 nitrogen and oxygen atoms in total. The number of nitrogens with zero attached hydrogens (tertiary/aromatic N) is 1. The summed E-state index contributed by atoms with van der Waals surface area (Å²) in [7, 11) is -3.48. The van der Waals surface area contributed by atoms with Crippen LogP contribution in [0.4, 0.5) is 0 Å². The van der Waals surface area contributed by atoms with E-state index in [0.29, 0.717) is 27.7 Å². The quantitative estimate of drug-likeness (QED) is 0.772. The molecule has 0 aromatic carbocycles. The lowest BCUT2D eigenvalue weighted by Crippen LogP contribution is -2.49. The number of halogens is 2. The Balaban J connectivity index is 2.31. The van der Waals surface area contributed by atoms with E-state index in [1.807, 2.05) is 0 Å². The van der Waals surface area contributed by atoms with Crippen LogP contribution < -0.4 is 5.73 Å². The predicted octanol–water partition coefficient (Wildman–Crippen LogP) is 3.41. The molecule has 1 aliphatic rings. The van der Waals surface area contributed by atoms with E-state index in [-0.39, 0.29) is 6.04 Å². The molecule has 2 atom stereocenters. The predicted molar refractivity (Wildman–Crippen MR) is 89.5 cm³/mol. The van der Waals surface area contributed by atoms with Gasteiger partial charge in [-0.1, -0.05) is 13.3 Å². The Labute approximate surface area is 141 Å². The Morgan fingerprint density at radius 3 is 2.70 bits per heavy atom. The van der Waals surface area contributed by atoms with Gasteiger partial charge in [-0.2, -0.15) is 4.31 Å². The molecule has 0 spiro atoms. The SMILES string of the molecule is CCC1CCN(S(=O)(=O)c2cc(Br)sc2Br)C(CN)C1. The number of hydrogen-bond acceptors (Lipinski definition) is 4. The highest BCUT2D eigenvalue weighted by Gasteiger charge is 2.37. The van der Waals surface area contributed by atoms with Gasteiger partial charge in [-0.05, 0) is 56.7 Å². The molecule has 2 unspecified atom stereocenters. The van der Waals surface area contributed by atoms with Gasteiger partial charge in [-0.3, -0.25) is 0 Å². The van der Waals surface area contributed by atoms with E-state index in [0.717, 1.165) is 23.0 Å². The molecule has 0 aliphatic carbocycles. The van der Waals surface area contributed by atoms with Crippen LogP contribution >= 0.6 is 43.2 Å². The molecule has 1 aromatic rings. The van der Waals surface area contributed by atoms with Crippen molar-refractivity contribution in [2.45, 2.75) is 37.1 Å². The van der Waals surface area contributed by atoms with E-state index in [4.69, 9.17) is 5.73 Å². The third-order valence-corrected chi connectivity index (χ3v) is 8.54. The molecule has 1 aromatic heterocycles. The first kappa shape index (κ1) is 16.9. The average molecular weight is 446 g/mol. The van der Waals surface area contributed by atoms with E-state index in [9.17, 15) is 8.42 Å². The number of rotatable bonds is 4. The van der Waals surface area contributed by atoms with Crippen LogP contribution in [0.1, 0.15) is 26.2 Å². The van der Waals surface area contributed by atoms with E-state index >= 15 is 0 Å². The summed E-state index contributed by atoms with van der Waals surface area (Å²) in [5.74, 6) is 0.577. The van der Waals surface area contributed by atoms with Crippen molar-refractivity contribution in [2.24, 2.45) is 11.7 Å². The van der Waals surface area contributed by atoms with E-state index in [1.54, 1.807) is 10.4 Å². The van der Waals surface area contributed by atoms with Crippen molar-refractivity contribution in [1.82, 2.24) is 4.31 Å². The molecule has 1 aliphatic heterocycles. The van der Waals surface area contributed by atoms with Gasteiger partial charge in [0.1, 0.15) is 4.90 Å². The molecule has 8 heteroatoms. The van der Waals surface area contributed by atoms with Crippen LogP contribution in [0.15, 0.2) is 18.5 Å². The number of nitrogens with two attached hydrogens (primary N) is 1. The molecule has 0 saturated carbocycles. The Morgan fingerprint density at radius 2 is 2.20 bits per heavy atom. The number of sulfonamides is 1. The number of hydrogen-bond donors (Lipinski definition) is 1. The van der Waals surface area contributed by atoms with Gasteiger partial charge in [-0.25, -0.2) is 8.42 Å². The molecule has 2 rings (SSSR count). The Bertz CT molecular complexity index is 574. The zero-order chi connectivity index (χ0) is 14.9. The van der Waals surface area contributed by atoms with Crippen LogP contribution in [0.3, 0.4) is 0 Å². The lowest BCUT2D eigenvalue weighted by Gasteiger charge is -2.37. The normalized spacial score (nSPS) is 25.0. The number of thiophene rings is 1. The van der Waals surface area contributed by atoms with Crippen LogP contribution in [-0.2, 0) is 10.0 Å². The fourth-order valence-corrected chi connectivity index (χ4v) is 8.07. The maximum absolute atomic E-state index is 12.8. The summed E-state index contributed by atoms with van der Waals surface area (Å²) in [5, 5.41) is 0. The monoisotopic (exact) mass is 444 g/mol. The maximum Gasteiger partial charge on any atom is 0.245 e. The molecule has 1 fully saturated rings. The molecule has 114 valence electrons. The average Bonchev–Trinajstić information content (AvgIpc) is 2.77. The van der Waals surface area contributed by atoms with Crippen molar-refractivity contribution in [1.29, 1.82) is 0 Å². The van der Waals surface area contributed by atoms with Crippen molar-refractivity contribution >= 4 is 53.2 Å². The van der Waals surface area contributed by atoms with Crippen molar-refractivity contribution in [3.63, 3.8) is 0 Å². The molecule has 20 heavy (non-hydrogen) atoms. The second-order valence-electron chi connectivity index (χ2n) is 4.99. The van der Waals surface area contributed by atoms with Gasteiger partial charge in [0.15, 0.2) is 0 Å². The largest absolute Gasteiger partial charge is 0.329 e. The second-order valence-corrected chi connectivity index (χ2v) is 10.6. The minimum atomic E-state index is -3.48. The van der Waals surface area contributed by atoms with Crippen molar-refractivity contribution in [3.05, 3.63) is 13.6 Å². The first-order valence-corrected chi connectivity index (χ1v) is 10.4. The first-order valence-electron chi connectivity index (χ1n) is 6.56. The first-order chi connectivity index (χ1) is 9.40. The summed E-state index contributed by atoms with van der Waals surface area (Å²) in [6.07, 6.45) is 2.85. The standard InChI is InChI=1S/C12H18Br2N2O2S2/c1-2-8-3-4-16(9(5-8)7-15)20(17,18)10-6-11(13)19-12(10)14/h6,8-9H,2-5,7,15H2,1H3. The van der Waals surface area contributed by atoms with Gasteiger partial charge < -0.3 is 5.73 Å². The molecule has 1 saturated heterocycles. The van der Waals surface area contributed by atoms with Crippen molar-refractivity contribution in [3.8, 4) is 0 Å². The fraction of sp³-hybridized carbons (Fsp3) is 0.667. The van der Waals surface area contributed by atoms with Crippen LogP contribution in [0, 0.1) is 5.92 Å². The molecule has 0 bridgehead atoms. The molecule has 0 amide bonds. The van der Waals surface area contributed by atoms with Gasteiger partial charge in [0, 0.05) is 19.1 Å². The number of piperidine rings is 1. The second kappa shape index (κ2) is 6.75. The van der Waals surface area contributed by atoms with Crippen molar-refractivity contribution < 1.29 is 8.42 Å². The van der Waals surface area contributed by atoms with E-state index < -0.39 is 10.0 Å². The summed E-state index contributed by atoms with van der Waals surface area (Å²) in [6.45, 7) is 3.08. The van der Waals surface area contributed by atoms with E-state index in [1.165, 1.54) is 11.3 Å². The topological polar surface area (TPSA) is 63.4 Å². The van der Waals surface area contributed by atoms with Crippen LogP contribution in [0.5, 0.6) is 0 Å². The Hall–Kier alpha value is 0.530. The van der Waals surface area contributed by atoms with Crippen molar-refractivity contribution in [2.75, 3.05) is 13.1 Å². The van der Waals surface area contributed by atoms with Crippen LogP contribution in [-0.4, -0.2) is 31.9 Å². The lowest BCUT2D eigenvalue weighted by molar-refractivity contribution is 0.197. The van der Waals surface area contributed by atoms with Gasteiger partial charge in [0.05, 0.1) is 7.57 Å². The summed E-state index contributed by atoms with van der Waals surface area (Å²) in [5.41, 5.74) is 5.80. The Kier molecular flexibility index (Phi) is 5.70. The Morgan fingerprint density at radius 1 is 1.50 bits per heavy atom.